The highest BCUT2D eigenvalue weighted by Gasteiger charge is 2.37. The summed E-state index contributed by atoms with van der Waals surface area (Å²) < 4.78 is 67.0. The molecular weight excluding hydrogens is 369 g/mol. The van der Waals surface area contributed by atoms with Crippen molar-refractivity contribution < 1.29 is 26.7 Å². The van der Waals surface area contributed by atoms with Gasteiger partial charge in [-0.2, -0.15) is 13.2 Å². The molecule has 0 saturated carbocycles. The molecule has 1 N–H and O–H groups in total. The maximum atomic E-state index is 13.6. The first-order valence-electron chi connectivity index (χ1n) is 8.45. The van der Waals surface area contributed by atoms with Crippen LogP contribution in [0.4, 0.5) is 22.0 Å². The molecule has 0 fully saturated rings. The summed E-state index contributed by atoms with van der Waals surface area (Å²) in [6.45, 7) is -0.150. The number of hydrogen-bond donors (Lipinski definition) is 1. The number of aromatic nitrogens is 2. The van der Waals surface area contributed by atoms with E-state index in [2.05, 4.69) is 15.3 Å². The molecule has 1 aromatic carbocycles. The lowest BCUT2D eigenvalue weighted by Gasteiger charge is -2.20. The number of fused-ring (bicyclic) bond motifs is 1. The highest BCUT2D eigenvalue weighted by Crippen LogP contribution is 2.34. The van der Waals surface area contributed by atoms with Crippen molar-refractivity contribution in [2.45, 2.75) is 38.3 Å². The average molecular weight is 385 g/mol. The minimum Gasteiger partial charge on any atom is -0.351 e. The Morgan fingerprint density at radius 3 is 2.41 bits per heavy atom. The molecule has 1 aliphatic carbocycles. The van der Waals surface area contributed by atoms with Gasteiger partial charge in [-0.25, -0.2) is 18.7 Å². The van der Waals surface area contributed by atoms with Crippen LogP contribution in [0.3, 0.4) is 0 Å². The molecule has 0 aliphatic heterocycles. The monoisotopic (exact) mass is 385 g/mol. The summed E-state index contributed by atoms with van der Waals surface area (Å²) >= 11 is 0. The van der Waals surface area contributed by atoms with Gasteiger partial charge in [-0.05, 0) is 37.8 Å². The molecule has 0 atom stereocenters. The Kier molecular flexibility index (Phi) is 5.38. The highest BCUT2D eigenvalue weighted by atomic mass is 19.4. The van der Waals surface area contributed by atoms with Gasteiger partial charge >= 0.3 is 6.18 Å². The molecule has 0 unspecified atom stereocenters. The number of rotatable bonds is 4. The molecule has 1 aliphatic rings. The molecule has 144 valence electrons. The van der Waals surface area contributed by atoms with Crippen molar-refractivity contribution in [3.05, 3.63) is 58.2 Å². The summed E-state index contributed by atoms with van der Waals surface area (Å²) in [5, 5.41) is 2.29. The summed E-state index contributed by atoms with van der Waals surface area (Å²) in [7, 11) is 0. The van der Waals surface area contributed by atoms with Crippen LogP contribution in [0.2, 0.25) is 0 Å². The van der Waals surface area contributed by atoms with Crippen molar-refractivity contribution in [1.82, 2.24) is 15.3 Å². The van der Waals surface area contributed by atoms with Gasteiger partial charge in [0.2, 0.25) is 0 Å². The molecule has 1 amide bonds. The fourth-order valence-corrected chi connectivity index (χ4v) is 3.08. The third kappa shape index (κ3) is 4.23. The van der Waals surface area contributed by atoms with E-state index in [0.29, 0.717) is 18.5 Å². The number of hydrogen-bond acceptors (Lipinski definition) is 3. The van der Waals surface area contributed by atoms with Crippen LogP contribution in [0, 0.1) is 11.6 Å². The Hall–Kier alpha value is -2.58. The van der Waals surface area contributed by atoms with E-state index >= 15 is 0 Å². The van der Waals surface area contributed by atoms with Crippen molar-refractivity contribution in [3.8, 4) is 0 Å². The van der Waals surface area contributed by atoms with Gasteiger partial charge < -0.3 is 5.32 Å². The van der Waals surface area contributed by atoms with E-state index in [1.165, 1.54) is 0 Å². The number of carbonyl (C=O) groups excluding carboxylic acids is 1. The zero-order valence-corrected chi connectivity index (χ0v) is 14.2. The third-order valence-corrected chi connectivity index (χ3v) is 4.32. The Balaban J connectivity index is 1.74. The van der Waals surface area contributed by atoms with E-state index in [0.717, 1.165) is 24.6 Å². The number of alkyl halides is 3. The lowest BCUT2D eigenvalue weighted by molar-refractivity contribution is -0.142. The van der Waals surface area contributed by atoms with Crippen molar-refractivity contribution in [2.24, 2.45) is 0 Å². The van der Waals surface area contributed by atoms with Crippen LogP contribution < -0.4 is 5.32 Å². The fraction of sp³-hybridized carbons (Fsp3) is 0.389. The SMILES string of the molecule is O=C(NCCc1nc2c(c(C(F)(F)F)n1)CCCC2)c1c(F)cccc1F. The van der Waals surface area contributed by atoms with E-state index < -0.39 is 35.0 Å². The number of nitrogens with zero attached hydrogens (tertiary/aromatic N) is 2. The molecule has 0 saturated heterocycles. The Morgan fingerprint density at radius 2 is 1.74 bits per heavy atom. The fourth-order valence-electron chi connectivity index (χ4n) is 3.08. The normalized spacial score (nSPS) is 14.0. The molecule has 1 heterocycles. The first-order chi connectivity index (χ1) is 12.8. The van der Waals surface area contributed by atoms with Crippen molar-refractivity contribution in [2.75, 3.05) is 6.54 Å². The quantitative estimate of drug-likeness (QED) is 0.818. The second kappa shape index (κ2) is 7.58. The molecule has 4 nitrogen and oxygen atoms in total. The van der Waals surface area contributed by atoms with Crippen LogP contribution in [0.15, 0.2) is 18.2 Å². The number of benzene rings is 1. The van der Waals surface area contributed by atoms with Crippen LogP contribution in [-0.2, 0) is 25.4 Å². The molecule has 27 heavy (non-hydrogen) atoms. The maximum Gasteiger partial charge on any atom is 0.433 e. The summed E-state index contributed by atoms with van der Waals surface area (Å²) in [5.41, 5.74) is -1.16. The Bertz CT molecular complexity index is 847. The van der Waals surface area contributed by atoms with Gasteiger partial charge in [0.15, 0.2) is 5.69 Å². The molecule has 9 heteroatoms. The van der Waals surface area contributed by atoms with Gasteiger partial charge in [0.1, 0.15) is 23.0 Å². The number of halogens is 5. The molecular formula is C18H16F5N3O. The summed E-state index contributed by atoms with van der Waals surface area (Å²) in [6.07, 6.45) is -2.53. The predicted molar refractivity (Wildman–Crippen MR) is 86.1 cm³/mol. The zero-order chi connectivity index (χ0) is 19.6. The van der Waals surface area contributed by atoms with Gasteiger partial charge in [-0.15, -0.1) is 0 Å². The van der Waals surface area contributed by atoms with E-state index in [4.69, 9.17) is 0 Å². The number of aryl methyl sites for hydroxylation is 1. The van der Waals surface area contributed by atoms with Gasteiger partial charge in [-0.1, -0.05) is 6.07 Å². The second-order valence-corrected chi connectivity index (χ2v) is 6.22. The van der Waals surface area contributed by atoms with E-state index in [9.17, 15) is 26.7 Å². The minimum absolute atomic E-state index is 0.0581. The summed E-state index contributed by atoms with van der Waals surface area (Å²) in [4.78, 5) is 19.7. The number of carbonyl (C=O) groups is 1. The highest BCUT2D eigenvalue weighted by molar-refractivity contribution is 5.94. The van der Waals surface area contributed by atoms with E-state index in [1.54, 1.807) is 0 Å². The predicted octanol–water partition coefficient (Wildman–Crippen LogP) is 3.62. The number of nitrogens with one attached hydrogen (secondary N) is 1. The first-order valence-corrected chi connectivity index (χ1v) is 8.45. The van der Waals surface area contributed by atoms with Gasteiger partial charge in [0.25, 0.3) is 5.91 Å². The zero-order valence-electron chi connectivity index (χ0n) is 14.2. The minimum atomic E-state index is -4.58. The molecule has 0 bridgehead atoms. The summed E-state index contributed by atoms with van der Waals surface area (Å²) in [6, 6.07) is 3.02. The van der Waals surface area contributed by atoms with Crippen molar-refractivity contribution in [3.63, 3.8) is 0 Å². The van der Waals surface area contributed by atoms with Crippen molar-refractivity contribution in [1.29, 1.82) is 0 Å². The second-order valence-electron chi connectivity index (χ2n) is 6.22. The molecule has 0 spiro atoms. The largest absolute Gasteiger partial charge is 0.433 e. The Labute approximate surface area is 151 Å². The standard InChI is InChI=1S/C18H16F5N3O/c19-11-5-3-6-12(20)15(11)17(27)24-9-8-14-25-13-7-2-1-4-10(13)16(26-14)18(21,22)23/h3,5-6H,1-2,4,7-9H2,(H,24,27). The first kappa shape index (κ1) is 19.2. The topological polar surface area (TPSA) is 54.9 Å². The Morgan fingerprint density at radius 1 is 1.07 bits per heavy atom. The van der Waals surface area contributed by atoms with Crippen LogP contribution in [-0.4, -0.2) is 22.4 Å². The smallest absolute Gasteiger partial charge is 0.351 e. The van der Waals surface area contributed by atoms with E-state index in [-0.39, 0.29) is 30.8 Å². The van der Waals surface area contributed by atoms with E-state index in [1.807, 2.05) is 0 Å². The van der Waals surface area contributed by atoms with Crippen molar-refractivity contribution >= 4 is 5.91 Å². The molecule has 1 aromatic heterocycles. The van der Waals surface area contributed by atoms with Gasteiger partial charge in [0.05, 0.1) is 0 Å². The molecule has 0 radical (unpaired) electrons. The lowest BCUT2D eigenvalue weighted by Crippen LogP contribution is -2.28. The van der Waals surface area contributed by atoms with Crippen LogP contribution in [0.5, 0.6) is 0 Å². The summed E-state index contributed by atoms with van der Waals surface area (Å²) in [5.74, 6) is -3.08. The van der Waals surface area contributed by atoms with Crippen LogP contribution in [0.1, 0.15) is 46.0 Å². The molecule has 2 aromatic rings. The van der Waals surface area contributed by atoms with Gasteiger partial charge in [0, 0.05) is 24.2 Å². The van der Waals surface area contributed by atoms with Crippen LogP contribution >= 0.6 is 0 Å². The van der Waals surface area contributed by atoms with Crippen LogP contribution in [0.25, 0.3) is 0 Å². The molecule has 3 rings (SSSR count). The third-order valence-electron chi connectivity index (χ3n) is 4.32. The maximum absolute atomic E-state index is 13.6. The lowest BCUT2D eigenvalue weighted by atomic mass is 9.94. The number of amides is 1. The van der Waals surface area contributed by atoms with Gasteiger partial charge in [-0.3, -0.25) is 4.79 Å². The average Bonchev–Trinajstić information content (AvgIpc) is 2.60.